The highest BCUT2D eigenvalue weighted by atomic mass is 35.5. The van der Waals surface area contributed by atoms with Gasteiger partial charge in [-0.3, -0.25) is 9.59 Å². The average molecular weight is 404 g/mol. The Morgan fingerprint density at radius 3 is 2.11 bits per heavy atom. The predicted octanol–water partition coefficient (Wildman–Crippen LogP) is 4.71. The summed E-state index contributed by atoms with van der Waals surface area (Å²) in [7, 11) is 0. The summed E-state index contributed by atoms with van der Waals surface area (Å²) in [6.45, 7) is 3.77. The van der Waals surface area contributed by atoms with Gasteiger partial charge in [0, 0.05) is 10.6 Å². The van der Waals surface area contributed by atoms with Gasteiger partial charge in [-0.05, 0) is 79.9 Å². The van der Waals surface area contributed by atoms with Gasteiger partial charge in [-0.1, -0.05) is 37.6 Å². The van der Waals surface area contributed by atoms with E-state index in [0.717, 1.165) is 42.6 Å². The highest BCUT2D eigenvalue weighted by molar-refractivity contribution is 6.30. The van der Waals surface area contributed by atoms with Crippen LogP contribution >= 0.6 is 11.6 Å². The zero-order chi connectivity index (χ0) is 19.9. The fourth-order valence-corrected chi connectivity index (χ4v) is 6.41. The Balaban J connectivity index is 1.35. The van der Waals surface area contributed by atoms with Crippen molar-refractivity contribution in [2.75, 3.05) is 6.61 Å². The number of nitrogens with one attached hydrogen (secondary N) is 1. The molecule has 1 N–H and O–H groups in total. The van der Waals surface area contributed by atoms with Crippen molar-refractivity contribution >= 4 is 23.5 Å². The first kappa shape index (κ1) is 19.8. The molecule has 4 aliphatic rings. The third-order valence-corrected chi connectivity index (χ3v) is 7.19. The van der Waals surface area contributed by atoms with Crippen LogP contribution in [0.4, 0.5) is 0 Å². The van der Waals surface area contributed by atoms with E-state index >= 15 is 0 Å². The Bertz CT molecular complexity index is 707. The van der Waals surface area contributed by atoms with Gasteiger partial charge in [0.05, 0.1) is 5.92 Å². The van der Waals surface area contributed by atoms with E-state index in [-0.39, 0.29) is 29.9 Å². The topological polar surface area (TPSA) is 55.4 Å². The van der Waals surface area contributed by atoms with Crippen molar-refractivity contribution in [2.24, 2.45) is 23.7 Å². The first-order valence-electron chi connectivity index (χ1n) is 10.6. The van der Waals surface area contributed by atoms with Gasteiger partial charge in [-0.2, -0.15) is 0 Å². The first-order chi connectivity index (χ1) is 13.3. The number of amides is 1. The highest BCUT2D eigenvalue weighted by Gasteiger charge is 2.51. The third-order valence-electron chi connectivity index (χ3n) is 6.94. The molecule has 4 saturated carbocycles. The van der Waals surface area contributed by atoms with Gasteiger partial charge in [-0.15, -0.1) is 0 Å². The standard InChI is InChI=1S/C23H30ClNO3/c1-14(2)21(18-3-5-19(24)6-4-18)22(27)28-13-20(26)25-23-10-15-7-16(11-23)9-17(8-15)12-23/h3-6,14-17,21H,7-13H2,1-2H3,(H,25,26)/t15?,16?,17?,21-,23?/m0/s1. The molecule has 0 heterocycles. The Morgan fingerprint density at radius 2 is 1.61 bits per heavy atom. The lowest BCUT2D eigenvalue weighted by Gasteiger charge is -2.56. The van der Waals surface area contributed by atoms with Crippen LogP contribution in [-0.2, 0) is 14.3 Å². The summed E-state index contributed by atoms with van der Waals surface area (Å²) < 4.78 is 5.44. The summed E-state index contributed by atoms with van der Waals surface area (Å²) in [5.41, 5.74) is 0.817. The van der Waals surface area contributed by atoms with E-state index in [0.29, 0.717) is 5.02 Å². The van der Waals surface area contributed by atoms with Crippen molar-refractivity contribution in [1.82, 2.24) is 5.32 Å². The fourth-order valence-electron chi connectivity index (χ4n) is 6.29. The summed E-state index contributed by atoms with van der Waals surface area (Å²) in [5.74, 6) is 1.47. The maximum Gasteiger partial charge on any atom is 0.314 e. The van der Waals surface area contributed by atoms with Crippen LogP contribution in [0.1, 0.15) is 63.9 Å². The van der Waals surface area contributed by atoms with Crippen LogP contribution < -0.4 is 5.32 Å². The number of ether oxygens (including phenoxy) is 1. The first-order valence-corrected chi connectivity index (χ1v) is 10.9. The van der Waals surface area contributed by atoms with Crippen LogP contribution in [0.5, 0.6) is 0 Å². The summed E-state index contributed by atoms with van der Waals surface area (Å²) in [4.78, 5) is 25.3. The molecule has 0 spiro atoms. The smallest absolute Gasteiger partial charge is 0.314 e. The molecule has 0 radical (unpaired) electrons. The van der Waals surface area contributed by atoms with Gasteiger partial charge in [0.15, 0.2) is 6.61 Å². The molecule has 5 rings (SSSR count). The second-order valence-electron chi connectivity index (χ2n) is 9.63. The predicted molar refractivity (Wildman–Crippen MR) is 109 cm³/mol. The van der Waals surface area contributed by atoms with Crippen molar-refractivity contribution < 1.29 is 14.3 Å². The normalized spacial score (nSPS) is 31.6. The Labute approximate surface area is 172 Å². The van der Waals surface area contributed by atoms with Gasteiger partial charge in [-0.25, -0.2) is 0 Å². The van der Waals surface area contributed by atoms with Crippen LogP contribution in [0.2, 0.25) is 5.02 Å². The van der Waals surface area contributed by atoms with Crippen LogP contribution in [0, 0.1) is 23.7 Å². The molecule has 0 saturated heterocycles. The lowest BCUT2D eigenvalue weighted by atomic mass is 9.53. The minimum atomic E-state index is -0.399. The lowest BCUT2D eigenvalue weighted by Crippen LogP contribution is -2.60. The van der Waals surface area contributed by atoms with Crippen molar-refractivity contribution in [3.8, 4) is 0 Å². The second-order valence-corrected chi connectivity index (χ2v) is 10.1. The number of halogens is 1. The van der Waals surface area contributed by atoms with Gasteiger partial charge in [0.2, 0.25) is 0 Å². The van der Waals surface area contributed by atoms with Crippen molar-refractivity contribution in [3.05, 3.63) is 34.9 Å². The molecule has 4 fully saturated rings. The molecule has 1 aromatic rings. The molecule has 5 heteroatoms. The molecule has 4 nitrogen and oxygen atoms in total. The van der Waals surface area contributed by atoms with E-state index in [1.165, 1.54) is 19.3 Å². The van der Waals surface area contributed by atoms with Crippen molar-refractivity contribution in [2.45, 2.75) is 63.8 Å². The zero-order valence-corrected chi connectivity index (χ0v) is 17.5. The molecule has 1 aromatic carbocycles. The SMILES string of the molecule is CC(C)[C@H](C(=O)OCC(=O)NC12CC3CC(CC(C3)C1)C2)c1ccc(Cl)cc1. The van der Waals surface area contributed by atoms with E-state index in [1.54, 1.807) is 12.1 Å². The molecule has 4 aliphatic carbocycles. The number of benzene rings is 1. The van der Waals surface area contributed by atoms with Gasteiger partial charge < -0.3 is 10.1 Å². The maximum atomic E-state index is 12.7. The number of rotatable bonds is 6. The Hall–Kier alpha value is -1.55. The Morgan fingerprint density at radius 1 is 1.07 bits per heavy atom. The van der Waals surface area contributed by atoms with Crippen LogP contribution in [0.25, 0.3) is 0 Å². The molecular formula is C23H30ClNO3. The summed E-state index contributed by atoms with van der Waals surface area (Å²) >= 11 is 5.96. The summed E-state index contributed by atoms with van der Waals surface area (Å²) in [5, 5.41) is 3.90. The fraction of sp³-hybridized carbons (Fsp3) is 0.652. The van der Waals surface area contributed by atoms with Crippen molar-refractivity contribution in [1.29, 1.82) is 0 Å². The number of esters is 1. The lowest BCUT2D eigenvalue weighted by molar-refractivity contribution is -0.152. The van der Waals surface area contributed by atoms with E-state index in [4.69, 9.17) is 16.3 Å². The largest absolute Gasteiger partial charge is 0.455 e. The van der Waals surface area contributed by atoms with E-state index in [1.807, 2.05) is 26.0 Å². The van der Waals surface area contributed by atoms with Gasteiger partial charge >= 0.3 is 5.97 Å². The number of hydrogen-bond donors (Lipinski definition) is 1. The number of carbonyl (C=O) groups is 2. The van der Waals surface area contributed by atoms with Gasteiger partial charge in [0.25, 0.3) is 5.91 Å². The number of carbonyl (C=O) groups excluding carboxylic acids is 2. The molecule has 0 unspecified atom stereocenters. The van der Waals surface area contributed by atoms with E-state index in [9.17, 15) is 9.59 Å². The maximum absolute atomic E-state index is 12.7. The molecular weight excluding hydrogens is 374 g/mol. The zero-order valence-electron chi connectivity index (χ0n) is 16.7. The number of hydrogen-bond acceptors (Lipinski definition) is 3. The van der Waals surface area contributed by atoms with Crippen LogP contribution in [0.15, 0.2) is 24.3 Å². The molecule has 4 bridgehead atoms. The molecule has 28 heavy (non-hydrogen) atoms. The second kappa shape index (κ2) is 7.70. The highest BCUT2D eigenvalue weighted by Crippen LogP contribution is 2.55. The molecule has 1 atom stereocenters. The average Bonchev–Trinajstić information content (AvgIpc) is 2.60. The van der Waals surface area contributed by atoms with Crippen molar-refractivity contribution in [3.63, 3.8) is 0 Å². The summed E-state index contributed by atoms with van der Waals surface area (Å²) in [6, 6.07) is 7.26. The van der Waals surface area contributed by atoms with E-state index < -0.39 is 5.92 Å². The third kappa shape index (κ3) is 4.07. The summed E-state index contributed by atoms with van der Waals surface area (Å²) in [6.07, 6.45) is 7.29. The quantitative estimate of drug-likeness (QED) is 0.700. The van der Waals surface area contributed by atoms with E-state index in [2.05, 4.69) is 5.32 Å². The molecule has 0 aliphatic heterocycles. The Kier molecular flexibility index (Phi) is 5.43. The minimum Gasteiger partial charge on any atom is -0.455 e. The molecule has 152 valence electrons. The molecule has 0 aromatic heterocycles. The van der Waals surface area contributed by atoms with Gasteiger partial charge in [0.1, 0.15) is 0 Å². The van der Waals surface area contributed by atoms with Crippen LogP contribution in [-0.4, -0.2) is 24.0 Å². The van der Waals surface area contributed by atoms with Crippen LogP contribution in [0.3, 0.4) is 0 Å². The minimum absolute atomic E-state index is 0.0497. The monoisotopic (exact) mass is 403 g/mol. The molecule has 1 amide bonds.